The highest BCUT2D eigenvalue weighted by molar-refractivity contribution is 6.09. The average Bonchev–Trinajstić information content (AvgIpc) is 3.07. The van der Waals surface area contributed by atoms with Crippen LogP contribution in [0.2, 0.25) is 0 Å². The van der Waals surface area contributed by atoms with Crippen LogP contribution in [-0.4, -0.2) is 9.55 Å². The number of hydrogen-bond acceptors (Lipinski definition) is 3. The second-order valence-electron chi connectivity index (χ2n) is 8.86. The van der Waals surface area contributed by atoms with Crippen molar-refractivity contribution in [2.75, 3.05) is 5.73 Å². The topological polar surface area (TPSA) is 53.1 Å². The molecule has 4 nitrogen and oxygen atoms in total. The first-order valence-electron chi connectivity index (χ1n) is 10.4. The van der Waals surface area contributed by atoms with Gasteiger partial charge in [-0.15, -0.1) is 0 Å². The zero-order chi connectivity index (χ0) is 21.6. The Morgan fingerprint density at radius 2 is 1.55 bits per heavy atom. The number of hydrogen-bond donors (Lipinski definition) is 1. The molecule has 0 aliphatic rings. The molecule has 2 aromatic heterocycles. The first-order valence-corrected chi connectivity index (χ1v) is 10.4. The maximum absolute atomic E-state index is 6.12. The van der Waals surface area contributed by atoms with Crippen LogP contribution in [0.4, 0.5) is 5.69 Å². The fourth-order valence-electron chi connectivity index (χ4n) is 3.98. The molecule has 3 aromatic carbocycles. The van der Waals surface area contributed by atoms with Gasteiger partial charge in [0.05, 0.1) is 11.0 Å². The molecule has 0 saturated carbocycles. The predicted molar refractivity (Wildman–Crippen MR) is 128 cm³/mol. The lowest BCUT2D eigenvalue weighted by atomic mass is 9.88. The van der Waals surface area contributed by atoms with E-state index in [2.05, 4.69) is 73.9 Å². The number of rotatable bonds is 3. The SMILES string of the molecule is CC(C)(C)c1ccnc(-n2c3ccccc3c3ccc(Oc4cccc(N)c4)cc32)c1. The largest absolute Gasteiger partial charge is 0.457 e. The minimum absolute atomic E-state index is 0.0396. The molecule has 0 aliphatic heterocycles. The van der Waals surface area contributed by atoms with Crippen molar-refractivity contribution in [1.29, 1.82) is 0 Å². The molecule has 5 rings (SSSR count). The van der Waals surface area contributed by atoms with E-state index in [-0.39, 0.29) is 5.41 Å². The molecular weight excluding hydrogens is 382 g/mol. The zero-order valence-corrected chi connectivity index (χ0v) is 18.0. The molecule has 0 atom stereocenters. The Bertz CT molecular complexity index is 1410. The van der Waals surface area contributed by atoms with Crippen LogP contribution in [0.15, 0.2) is 85.1 Å². The van der Waals surface area contributed by atoms with E-state index in [0.717, 1.165) is 28.4 Å². The summed E-state index contributed by atoms with van der Waals surface area (Å²) in [5.74, 6) is 2.38. The Labute approximate surface area is 181 Å². The van der Waals surface area contributed by atoms with E-state index >= 15 is 0 Å². The number of anilines is 1. The molecular formula is C27H25N3O. The van der Waals surface area contributed by atoms with Crippen molar-refractivity contribution in [3.8, 4) is 17.3 Å². The number of nitrogen functional groups attached to an aromatic ring is 1. The summed E-state index contributed by atoms with van der Waals surface area (Å²) in [5.41, 5.74) is 10.1. The molecule has 0 spiro atoms. The molecule has 0 radical (unpaired) electrons. The zero-order valence-electron chi connectivity index (χ0n) is 18.0. The van der Waals surface area contributed by atoms with Gasteiger partial charge in [0.15, 0.2) is 0 Å². The van der Waals surface area contributed by atoms with Crippen molar-refractivity contribution in [3.05, 3.63) is 90.6 Å². The molecule has 0 amide bonds. The third kappa shape index (κ3) is 3.50. The van der Waals surface area contributed by atoms with Crippen LogP contribution in [0.5, 0.6) is 11.5 Å². The summed E-state index contributed by atoms with van der Waals surface area (Å²) in [6.07, 6.45) is 1.89. The first-order chi connectivity index (χ1) is 14.9. The Kier molecular flexibility index (Phi) is 4.44. The molecule has 0 bridgehead atoms. The van der Waals surface area contributed by atoms with Gasteiger partial charge in [0.1, 0.15) is 17.3 Å². The predicted octanol–water partition coefficient (Wildman–Crippen LogP) is 6.85. The summed E-state index contributed by atoms with van der Waals surface area (Å²) < 4.78 is 8.33. The lowest BCUT2D eigenvalue weighted by molar-refractivity contribution is 0.483. The number of nitrogens with two attached hydrogens (primary N) is 1. The van der Waals surface area contributed by atoms with Gasteiger partial charge in [0.25, 0.3) is 0 Å². The number of para-hydroxylation sites is 1. The van der Waals surface area contributed by atoms with Gasteiger partial charge in [0, 0.05) is 34.8 Å². The van der Waals surface area contributed by atoms with Gasteiger partial charge in [-0.2, -0.15) is 0 Å². The monoisotopic (exact) mass is 407 g/mol. The normalized spacial score (nSPS) is 11.8. The van der Waals surface area contributed by atoms with Crippen LogP contribution in [-0.2, 0) is 5.41 Å². The highest BCUT2D eigenvalue weighted by Gasteiger charge is 2.18. The number of benzene rings is 3. The highest BCUT2D eigenvalue weighted by atomic mass is 16.5. The fraction of sp³-hybridized carbons (Fsp3) is 0.148. The fourth-order valence-corrected chi connectivity index (χ4v) is 3.98. The summed E-state index contributed by atoms with van der Waals surface area (Å²) in [6.45, 7) is 6.65. The molecule has 0 aliphatic carbocycles. The molecule has 31 heavy (non-hydrogen) atoms. The van der Waals surface area contributed by atoms with Crippen LogP contribution in [0.3, 0.4) is 0 Å². The number of ether oxygens (including phenoxy) is 1. The maximum atomic E-state index is 6.12. The molecule has 2 heterocycles. The van der Waals surface area contributed by atoms with Crippen LogP contribution in [0.25, 0.3) is 27.6 Å². The second kappa shape index (κ2) is 7.17. The molecule has 4 heteroatoms. The van der Waals surface area contributed by atoms with E-state index in [9.17, 15) is 0 Å². The van der Waals surface area contributed by atoms with E-state index < -0.39 is 0 Å². The van der Waals surface area contributed by atoms with E-state index in [1.165, 1.54) is 16.3 Å². The van der Waals surface area contributed by atoms with Crippen molar-refractivity contribution in [2.45, 2.75) is 26.2 Å². The van der Waals surface area contributed by atoms with E-state index in [1.54, 1.807) is 0 Å². The quantitative estimate of drug-likeness (QED) is 0.333. The Morgan fingerprint density at radius 3 is 2.35 bits per heavy atom. The van der Waals surface area contributed by atoms with Crippen LogP contribution in [0, 0.1) is 0 Å². The van der Waals surface area contributed by atoms with E-state index in [1.807, 2.05) is 36.5 Å². The number of aromatic nitrogens is 2. The molecule has 2 N–H and O–H groups in total. The number of nitrogens with zero attached hydrogens (tertiary/aromatic N) is 2. The van der Waals surface area contributed by atoms with Crippen molar-refractivity contribution < 1.29 is 4.74 Å². The van der Waals surface area contributed by atoms with Crippen molar-refractivity contribution in [2.24, 2.45) is 0 Å². The molecule has 154 valence electrons. The first kappa shape index (κ1) is 19.2. The van der Waals surface area contributed by atoms with E-state index in [0.29, 0.717) is 5.69 Å². The number of pyridine rings is 1. The van der Waals surface area contributed by atoms with Gasteiger partial charge in [-0.1, -0.05) is 45.0 Å². The van der Waals surface area contributed by atoms with Crippen LogP contribution >= 0.6 is 0 Å². The molecule has 5 aromatic rings. The van der Waals surface area contributed by atoms with Crippen molar-refractivity contribution >= 4 is 27.5 Å². The van der Waals surface area contributed by atoms with Gasteiger partial charge < -0.3 is 10.5 Å². The number of fused-ring (bicyclic) bond motifs is 3. The lowest BCUT2D eigenvalue weighted by Crippen LogP contribution is -2.12. The van der Waals surface area contributed by atoms with E-state index in [4.69, 9.17) is 15.5 Å². The smallest absolute Gasteiger partial charge is 0.137 e. The molecule has 0 saturated heterocycles. The van der Waals surface area contributed by atoms with Gasteiger partial charge in [-0.05, 0) is 53.4 Å². The van der Waals surface area contributed by atoms with Crippen molar-refractivity contribution in [1.82, 2.24) is 9.55 Å². The van der Waals surface area contributed by atoms with Gasteiger partial charge in [0.2, 0.25) is 0 Å². The summed E-state index contributed by atoms with van der Waals surface area (Å²) in [7, 11) is 0. The van der Waals surface area contributed by atoms with Crippen molar-refractivity contribution in [3.63, 3.8) is 0 Å². The standard InChI is InChI=1S/C27H25N3O/c1-27(2,3)18-13-14-29-26(15-18)30-24-10-5-4-9-22(24)23-12-11-21(17-25(23)30)31-20-8-6-7-19(28)16-20/h4-17H,28H2,1-3H3. The van der Waals surface area contributed by atoms with Gasteiger partial charge in [-0.25, -0.2) is 4.98 Å². The lowest BCUT2D eigenvalue weighted by Gasteiger charge is -2.20. The summed E-state index contributed by atoms with van der Waals surface area (Å²) in [5, 5.41) is 2.36. The van der Waals surface area contributed by atoms with Gasteiger partial charge in [-0.3, -0.25) is 4.57 Å². The summed E-state index contributed by atoms with van der Waals surface area (Å²) in [6, 6.07) is 26.4. The van der Waals surface area contributed by atoms with Crippen LogP contribution in [0.1, 0.15) is 26.3 Å². The second-order valence-corrected chi connectivity index (χ2v) is 8.86. The van der Waals surface area contributed by atoms with Gasteiger partial charge >= 0.3 is 0 Å². The molecule has 0 unspecified atom stereocenters. The summed E-state index contributed by atoms with van der Waals surface area (Å²) in [4.78, 5) is 4.73. The van der Waals surface area contributed by atoms with Crippen LogP contribution < -0.4 is 10.5 Å². The maximum Gasteiger partial charge on any atom is 0.137 e. The Morgan fingerprint density at radius 1 is 0.774 bits per heavy atom. The minimum atomic E-state index is 0.0396. The summed E-state index contributed by atoms with van der Waals surface area (Å²) >= 11 is 0. The minimum Gasteiger partial charge on any atom is -0.457 e. The Balaban J connectivity index is 1.72. The third-order valence-electron chi connectivity index (χ3n) is 5.58. The average molecular weight is 408 g/mol. The molecule has 0 fully saturated rings. The highest BCUT2D eigenvalue weighted by Crippen LogP contribution is 2.35. The Hall–Kier alpha value is -3.79. The third-order valence-corrected chi connectivity index (χ3v) is 5.58.